The molecular weight excluding hydrogens is 382 g/mol. The van der Waals surface area contributed by atoms with Crippen LogP contribution in [0.1, 0.15) is 19.4 Å². The van der Waals surface area contributed by atoms with Gasteiger partial charge < -0.3 is 19.5 Å². The van der Waals surface area contributed by atoms with Crippen LogP contribution in [0.5, 0.6) is 5.75 Å². The molecule has 7 nitrogen and oxygen atoms in total. The number of benzene rings is 1. The second kappa shape index (κ2) is 13.2. The van der Waals surface area contributed by atoms with Crippen molar-refractivity contribution in [1.29, 1.82) is 0 Å². The van der Waals surface area contributed by atoms with E-state index in [9.17, 15) is 19.8 Å². The molecular formula is C19H24N2Na2O5. The molecule has 9 heteroatoms. The third kappa shape index (κ3) is 8.11. The van der Waals surface area contributed by atoms with Gasteiger partial charge in [-0.25, -0.2) is 14.6 Å². The van der Waals surface area contributed by atoms with Crippen LogP contribution in [0.2, 0.25) is 0 Å². The number of nitrogens with zero attached hydrogens (tertiary/aromatic N) is 2. The molecule has 0 bridgehead atoms. The zero-order chi connectivity index (χ0) is 19.1. The molecule has 2 rings (SSSR count). The zero-order valence-electron chi connectivity index (χ0n) is 14.8. The summed E-state index contributed by atoms with van der Waals surface area (Å²) >= 11 is 0. The molecule has 0 aliphatic rings. The Bertz CT molecular complexity index is 787. The molecule has 0 spiro atoms. The Morgan fingerprint density at radius 1 is 1.11 bits per heavy atom. The summed E-state index contributed by atoms with van der Waals surface area (Å²) in [6, 6.07) is 6.99. The van der Waals surface area contributed by atoms with Crippen molar-refractivity contribution in [2.24, 2.45) is 5.92 Å². The van der Waals surface area contributed by atoms with Crippen LogP contribution in [0, 0.1) is 5.92 Å². The van der Waals surface area contributed by atoms with E-state index in [1.807, 2.05) is 10.8 Å². The van der Waals surface area contributed by atoms with Crippen LogP contribution in [0.15, 0.2) is 54.1 Å². The molecule has 0 saturated carbocycles. The van der Waals surface area contributed by atoms with Crippen molar-refractivity contribution in [3.8, 4) is 5.75 Å². The second-order valence-electron chi connectivity index (χ2n) is 6.13. The SMILES string of the molecule is CC(C)/C(C(=O)O)=C(\Cc1ccc(OCCn2ccnc2)cc1)C(=O)O.[NaH].[NaH]. The van der Waals surface area contributed by atoms with Crippen LogP contribution in [-0.2, 0) is 22.6 Å². The maximum atomic E-state index is 11.5. The van der Waals surface area contributed by atoms with E-state index in [0.717, 1.165) is 0 Å². The van der Waals surface area contributed by atoms with Crippen LogP contribution in [-0.4, -0.2) is 97.4 Å². The average Bonchev–Trinajstić information content (AvgIpc) is 3.08. The third-order valence-electron chi connectivity index (χ3n) is 3.87. The molecule has 0 amide bonds. The van der Waals surface area contributed by atoms with Gasteiger partial charge in [-0.3, -0.25) is 0 Å². The van der Waals surface area contributed by atoms with Gasteiger partial charge in [-0.2, -0.15) is 0 Å². The van der Waals surface area contributed by atoms with Crippen LogP contribution in [0.25, 0.3) is 0 Å². The van der Waals surface area contributed by atoms with Crippen molar-refractivity contribution in [1.82, 2.24) is 9.55 Å². The van der Waals surface area contributed by atoms with Crippen molar-refractivity contribution >= 4 is 71.1 Å². The molecule has 1 aromatic heterocycles. The van der Waals surface area contributed by atoms with E-state index in [2.05, 4.69) is 4.98 Å². The fourth-order valence-electron chi connectivity index (χ4n) is 2.61. The van der Waals surface area contributed by atoms with Gasteiger partial charge in [0.05, 0.1) is 24.0 Å². The molecule has 2 N–H and O–H groups in total. The van der Waals surface area contributed by atoms with Crippen LogP contribution in [0.3, 0.4) is 0 Å². The molecule has 1 heterocycles. The van der Waals surface area contributed by atoms with E-state index < -0.39 is 11.9 Å². The van der Waals surface area contributed by atoms with Crippen molar-refractivity contribution in [2.75, 3.05) is 6.61 Å². The van der Waals surface area contributed by atoms with E-state index >= 15 is 0 Å². The first kappa shape index (κ1) is 26.9. The van der Waals surface area contributed by atoms with Crippen molar-refractivity contribution in [3.05, 3.63) is 59.7 Å². The molecule has 0 saturated heterocycles. The first-order chi connectivity index (χ1) is 12.4. The number of imidazole rings is 1. The maximum absolute atomic E-state index is 11.5. The average molecular weight is 406 g/mol. The van der Waals surface area contributed by atoms with Gasteiger partial charge in [-0.15, -0.1) is 0 Å². The van der Waals surface area contributed by atoms with E-state index in [1.165, 1.54) is 0 Å². The zero-order valence-corrected chi connectivity index (χ0v) is 14.8. The standard InChI is InChI=1S/C19H22N2O5.2Na.2H/c1-13(2)17(19(24)25)16(18(22)23)11-14-3-5-15(6-4-14)26-10-9-21-8-7-20-12-21;;;;/h3-8,12-13H,9-11H2,1-2H3,(H,22,23)(H,24,25);;;;/b17-16-;;;;. The molecule has 0 radical (unpaired) electrons. The number of carbonyl (C=O) groups is 2. The van der Waals surface area contributed by atoms with E-state index in [0.29, 0.717) is 24.5 Å². The number of hydrogen-bond acceptors (Lipinski definition) is 4. The van der Waals surface area contributed by atoms with Gasteiger partial charge >= 0.3 is 71.1 Å². The first-order valence-corrected chi connectivity index (χ1v) is 8.25. The number of aliphatic carboxylic acids is 2. The Balaban J connectivity index is 0.00000364. The minimum absolute atomic E-state index is 0. The molecule has 0 unspecified atom stereocenters. The summed E-state index contributed by atoms with van der Waals surface area (Å²) in [5.74, 6) is -2.13. The minimum atomic E-state index is -1.21. The van der Waals surface area contributed by atoms with Gasteiger partial charge in [0.25, 0.3) is 0 Å². The molecule has 2 aromatic rings. The Morgan fingerprint density at radius 3 is 2.21 bits per heavy atom. The Morgan fingerprint density at radius 2 is 1.75 bits per heavy atom. The summed E-state index contributed by atoms with van der Waals surface area (Å²) in [7, 11) is 0. The summed E-state index contributed by atoms with van der Waals surface area (Å²) in [5, 5.41) is 18.7. The van der Waals surface area contributed by atoms with Crippen LogP contribution in [0.4, 0.5) is 0 Å². The van der Waals surface area contributed by atoms with Crippen LogP contribution < -0.4 is 4.74 Å². The number of ether oxygens (including phenoxy) is 1. The quantitative estimate of drug-likeness (QED) is 0.481. The predicted molar refractivity (Wildman–Crippen MR) is 109 cm³/mol. The molecule has 28 heavy (non-hydrogen) atoms. The number of aromatic nitrogens is 2. The monoisotopic (exact) mass is 406 g/mol. The Labute approximate surface area is 208 Å². The number of carboxylic acid groups (broad SMARTS) is 2. The molecule has 0 fully saturated rings. The van der Waals surface area contributed by atoms with Crippen molar-refractivity contribution in [3.63, 3.8) is 0 Å². The fourth-order valence-corrected chi connectivity index (χ4v) is 2.61. The molecule has 1 aromatic carbocycles. The molecule has 0 atom stereocenters. The normalized spacial score (nSPS) is 11.1. The summed E-state index contributed by atoms with van der Waals surface area (Å²) in [6.45, 7) is 4.49. The predicted octanol–water partition coefficient (Wildman–Crippen LogP) is 1.33. The molecule has 0 aliphatic heterocycles. The first-order valence-electron chi connectivity index (χ1n) is 8.25. The fraction of sp³-hybridized carbons (Fsp3) is 0.316. The number of hydrogen-bond donors (Lipinski definition) is 2. The van der Waals surface area contributed by atoms with Gasteiger partial charge in [-0.1, -0.05) is 26.0 Å². The third-order valence-corrected chi connectivity index (χ3v) is 3.87. The Kier molecular flexibility index (Phi) is 12.7. The van der Waals surface area contributed by atoms with Crippen molar-refractivity contribution in [2.45, 2.75) is 26.8 Å². The van der Waals surface area contributed by atoms with E-state index in [4.69, 9.17) is 4.74 Å². The molecule has 142 valence electrons. The van der Waals surface area contributed by atoms with E-state index in [1.54, 1.807) is 50.6 Å². The summed E-state index contributed by atoms with van der Waals surface area (Å²) in [6.07, 6.45) is 5.30. The number of rotatable bonds is 9. The van der Waals surface area contributed by atoms with Gasteiger partial charge in [-0.05, 0) is 23.6 Å². The summed E-state index contributed by atoms with van der Waals surface area (Å²) in [4.78, 5) is 26.9. The Hall–Kier alpha value is -1.09. The van der Waals surface area contributed by atoms with E-state index in [-0.39, 0.29) is 82.6 Å². The molecule has 0 aliphatic carbocycles. The van der Waals surface area contributed by atoms with Gasteiger partial charge in [0.2, 0.25) is 0 Å². The van der Waals surface area contributed by atoms with Gasteiger partial charge in [0.1, 0.15) is 12.4 Å². The van der Waals surface area contributed by atoms with Gasteiger partial charge in [0, 0.05) is 18.8 Å². The second-order valence-corrected chi connectivity index (χ2v) is 6.13. The summed E-state index contributed by atoms with van der Waals surface area (Å²) < 4.78 is 7.54. The summed E-state index contributed by atoms with van der Waals surface area (Å²) in [5.41, 5.74) is 0.545. The topological polar surface area (TPSA) is 102 Å². The van der Waals surface area contributed by atoms with Crippen LogP contribution >= 0.6 is 0 Å². The van der Waals surface area contributed by atoms with Crippen molar-refractivity contribution < 1.29 is 24.5 Å². The number of carboxylic acids is 2. The van der Waals surface area contributed by atoms with Gasteiger partial charge in [0.15, 0.2) is 0 Å².